The van der Waals surface area contributed by atoms with Gasteiger partial charge in [0.05, 0.1) is 6.61 Å². The molecule has 1 amide bonds. The molecule has 0 unspecified atom stereocenters. The van der Waals surface area contributed by atoms with Crippen molar-refractivity contribution in [3.8, 4) is 17.2 Å². The second-order valence-corrected chi connectivity index (χ2v) is 5.37. The zero-order chi connectivity index (χ0) is 18.8. The molecule has 0 bridgehead atoms. The van der Waals surface area contributed by atoms with E-state index in [1.54, 1.807) is 48.5 Å². The van der Waals surface area contributed by atoms with Gasteiger partial charge in [0.25, 0.3) is 5.91 Å². The monoisotopic (exact) mass is 359 g/mol. The van der Waals surface area contributed by atoms with E-state index in [9.17, 15) is 9.59 Å². The maximum absolute atomic E-state index is 12.0. The number of carbonyl (C=O) groups excluding carboxylic acids is 1. The molecule has 0 aliphatic heterocycles. The van der Waals surface area contributed by atoms with Crippen LogP contribution in [-0.4, -0.2) is 36.8 Å². The number of carboxylic acids is 1. The SMILES string of the molecule is CCCOc1ccc(OCC(=O)Nc2cccc(OCC(=O)O)c2)cc1. The van der Waals surface area contributed by atoms with Gasteiger partial charge in [-0.25, -0.2) is 4.79 Å². The maximum Gasteiger partial charge on any atom is 0.341 e. The van der Waals surface area contributed by atoms with Gasteiger partial charge < -0.3 is 24.6 Å². The van der Waals surface area contributed by atoms with E-state index in [1.807, 2.05) is 6.92 Å². The summed E-state index contributed by atoms with van der Waals surface area (Å²) in [7, 11) is 0. The molecule has 0 saturated heterocycles. The summed E-state index contributed by atoms with van der Waals surface area (Å²) >= 11 is 0. The molecular weight excluding hydrogens is 338 g/mol. The van der Waals surface area contributed by atoms with Crippen LogP contribution < -0.4 is 19.5 Å². The van der Waals surface area contributed by atoms with Gasteiger partial charge in [0, 0.05) is 11.8 Å². The number of hydrogen-bond donors (Lipinski definition) is 2. The van der Waals surface area contributed by atoms with Crippen LogP contribution in [0.3, 0.4) is 0 Å². The van der Waals surface area contributed by atoms with E-state index in [1.165, 1.54) is 0 Å². The maximum atomic E-state index is 12.0. The van der Waals surface area contributed by atoms with Crippen molar-refractivity contribution in [1.29, 1.82) is 0 Å². The summed E-state index contributed by atoms with van der Waals surface area (Å²) in [5, 5.41) is 11.3. The molecule has 138 valence electrons. The lowest BCUT2D eigenvalue weighted by Gasteiger charge is -2.10. The Morgan fingerprint density at radius 1 is 0.923 bits per heavy atom. The lowest BCUT2D eigenvalue weighted by Crippen LogP contribution is -2.20. The molecule has 0 spiro atoms. The third-order valence-electron chi connectivity index (χ3n) is 3.15. The van der Waals surface area contributed by atoms with Gasteiger partial charge in [0.2, 0.25) is 0 Å². The fourth-order valence-electron chi connectivity index (χ4n) is 2.01. The lowest BCUT2D eigenvalue weighted by atomic mass is 10.3. The van der Waals surface area contributed by atoms with E-state index in [2.05, 4.69) is 5.32 Å². The molecule has 0 aliphatic rings. The second-order valence-electron chi connectivity index (χ2n) is 5.37. The van der Waals surface area contributed by atoms with Gasteiger partial charge in [-0.1, -0.05) is 13.0 Å². The molecule has 2 aromatic carbocycles. The molecule has 7 heteroatoms. The third kappa shape index (κ3) is 6.72. The standard InChI is InChI=1S/C19H21NO6/c1-2-10-24-15-6-8-16(9-7-15)25-12-18(21)20-14-4-3-5-17(11-14)26-13-19(22)23/h3-9,11H,2,10,12-13H2,1H3,(H,20,21)(H,22,23). The highest BCUT2D eigenvalue weighted by Crippen LogP contribution is 2.19. The Labute approximate surface area is 151 Å². The van der Waals surface area contributed by atoms with Gasteiger partial charge in [0.1, 0.15) is 17.2 Å². The zero-order valence-corrected chi connectivity index (χ0v) is 14.4. The highest BCUT2D eigenvalue weighted by Gasteiger charge is 2.06. The summed E-state index contributed by atoms with van der Waals surface area (Å²) < 4.78 is 16.0. The normalized spacial score (nSPS) is 10.0. The van der Waals surface area contributed by atoms with Crippen LogP contribution in [-0.2, 0) is 9.59 Å². The van der Waals surface area contributed by atoms with Crippen molar-refractivity contribution in [2.45, 2.75) is 13.3 Å². The van der Waals surface area contributed by atoms with Crippen LogP contribution in [0.1, 0.15) is 13.3 Å². The molecule has 2 rings (SSSR count). The predicted molar refractivity (Wildman–Crippen MR) is 95.9 cm³/mol. The number of amides is 1. The Morgan fingerprint density at radius 2 is 1.58 bits per heavy atom. The molecule has 0 atom stereocenters. The van der Waals surface area contributed by atoms with E-state index in [4.69, 9.17) is 19.3 Å². The third-order valence-corrected chi connectivity index (χ3v) is 3.15. The summed E-state index contributed by atoms with van der Waals surface area (Å²) in [6.45, 7) is 2.08. The summed E-state index contributed by atoms with van der Waals surface area (Å²) in [5.74, 6) is 0.254. The fraction of sp³-hybridized carbons (Fsp3) is 0.263. The van der Waals surface area contributed by atoms with Crippen molar-refractivity contribution in [2.75, 3.05) is 25.1 Å². The van der Waals surface area contributed by atoms with Crippen molar-refractivity contribution in [3.63, 3.8) is 0 Å². The molecule has 0 fully saturated rings. The van der Waals surface area contributed by atoms with Crippen molar-refractivity contribution in [2.24, 2.45) is 0 Å². The summed E-state index contributed by atoms with van der Waals surface area (Å²) in [6, 6.07) is 13.5. The molecule has 26 heavy (non-hydrogen) atoms. The number of anilines is 1. The van der Waals surface area contributed by atoms with Gasteiger partial charge in [0.15, 0.2) is 13.2 Å². The average Bonchev–Trinajstić information content (AvgIpc) is 2.64. The van der Waals surface area contributed by atoms with E-state index in [0.29, 0.717) is 23.8 Å². The van der Waals surface area contributed by atoms with Crippen molar-refractivity contribution in [3.05, 3.63) is 48.5 Å². The van der Waals surface area contributed by atoms with Crippen LogP contribution >= 0.6 is 0 Å². The van der Waals surface area contributed by atoms with Crippen molar-refractivity contribution in [1.82, 2.24) is 0 Å². The number of carbonyl (C=O) groups is 2. The van der Waals surface area contributed by atoms with E-state index < -0.39 is 12.6 Å². The van der Waals surface area contributed by atoms with Crippen LogP contribution in [0.15, 0.2) is 48.5 Å². The summed E-state index contributed by atoms with van der Waals surface area (Å²) in [5.41, 5.74) is 0.491. The van der Waals surface area contributed by atoms with Crippen LogP contribution in [0.25, 0.3) is 0 Å². The van der Waals surface area contributed by atoms with Gasteiger partial charge in [-0.3, -0.25) is 4.79 Å². The predicted octanol–water partition coefficient (Wildman–Crippen LogP) is 2.96. The first kappa shape index (κ1) is 19.1. The lowest BCUT2D eigenvalue weighted by molar-refractivity contribution is -0.139. The average molecular weight is 359 g/mol. The molecular formula is C19H21NO6. The smallest absolute Gasteiger partial charge is 0.341 e. The van der Waals surface area contributed by atoms with E-state index in [0.717, 1.165) is 12.2 Å². The highest BCUT2D eigenvalue weighted by atomic mass is 16.5. The summed E-state index contributed by atoms with van der Waals surface area (Å²) in [4.78, 5) is 22.5. The first-order valence-electron chi connectivity index (χ1n) is 8.17. The Bertz CT molecular complexity index is 729. The number of carboxylic acid groups (broad SMARTS) is 1. The number of ether oxygens (including phenoxy) is 3. The largest absolute Gasteiger partial charge is 0.494 e. The minimum Gasteiger partial charge on any atom is -0.494 e. The van der Waals surface area contributed by atoms with Crippen LogP contribution in [0, 0.1) is 0 Å². The molecule has 0 aliphatic carbocycles. The molecule has 0 saturated carbocycles. The molecule has 0 heterocycles. The minimum absolute atomic E-state index is 0.157. The van der Waals surface area contributed by atoms with Gasteiger partial charge in [-0.2, -0.15) is 0 Å². The van der Waals surface area contributed by atoms with Crippen LogP contribution in [0.4, 0.5) is 5.69 Å². The molecule has 2 N–H and O–H groups in total. The number of aliphatic carboxylic acids is 1. The van der Waals surface area contributed by atoms with E-state index in [-0.39, 0.29) is 12.5 Å². The zero-order valence-electron chi connectivity index (χ0n) is 14.4. The van der Waals surface area contributed by atoms with Gasteiger partial charge in [-0.15, -0.1) is 0 Å². The molecule has 2 aromatic rings. The van der Waals surface area contributed by atoms with Gasteiger partial charge in [-0.05, 0) is 42.8 Å². The molecule has 0 aromatic heterocycles. The first-order chi connectivity index (χ1) is 12.6. The number of benzene rings is 2. The number of nitrogens with one attached hydrogen (secondary N) is 1. The Hall–Kier alpha value is -3.22. The Morgan fingerprint density at radius 3 is 2.23 bits per heavy atom. The quantitative estimate of drug-likeness (QED) is 0.677. The molecule has 7 nitrogen and oxygen atoms in total. The highest BCUT2D eigenvalue weighted by molar-refractivity contribution is 5.92. The van der Waals surface area contributed by atoms with Crippen molar-refractivity contribution < 1.29 is 28.9 Å². The second kappa shape index (κ2) is 9.93. The van der Waals surface area contributed by atoms with Crippen LogP contribution in [0.2, 0.25) is 0 Å². The van der Waals surface area contributed by atoms with Gasteiger partial charge >= 0.3 is 5.97 Å². The van der Waals surface area contributed by atoms with Crippen molar-refractivity contribution >= 4 is 17.6 Å². The van der Waals surface area contributed by atoms with E-state index >= 15 is 0 Å². The summed E-state index contributed by atoms with van der Waals surface area (Å²) in [6.07, 6.45) is 0.932. The Kier molecular flexibility index (Phi) is 7.30. The fourth-order valence-corrected chi connectivity index (χ4v) is 2.01. The first-order valence-corrected chi connectivity index (χ1v) is 8.17. The minimum atomic E-state index is -1.07. The topological polar surface area (TPSA) is 94.1 Å². The number of hydrogen-bond acceptors (Lipinski definition) is 5. The Balaban J connectivity index is 1.81. The molecule has 0 radical (unpaired) electrons. The number of rotatable bonds is 10. The van der Waals surface area contributed by atoms with Crippen LogP contribution in [0.5, 0.6) is 17.2 Å².